The Morgan fingerprint density at radius 3 is 2.23 bits per heavy atom. The Morgan fingerprint density at radius 1 is 1.05 bits per heavy atom. The minimum absolute atomic E-state index is 0.0376. The van der Waals surface area contributed by atoms with Crippen molar-refractivity contribution in [3.8, 4) is 0 Å². The molecule has 1 N–H and O–H groups in total. The van der Waals surface area contributed by atoms with Crippen LogP contribution in [0.5, 0.6) is 0 Å². The number of hydrogen-bond donors (Lipinski definition) is 1. The van der Waals surface area contributed by atoms with Gasteiger partial charge in [-0.2, -0.15) is 0 Å². The zero-order valence-electron chi connectivity index (χ0n) is 13.1. The summed E-state index contributed by atoms with van der Waals surface area (Å²) in [6.45, 7) is 6.48. The van der Waals surface area contributed by atoms with Crippen molar-refractivity contribution in [3.63, 3.8) is 0 Å². The first-order valence-electron chi connectivity index (χ1n) is 7.52. The predicted molar refractivity (Wildman–Crippen MR) is 90.4 cm³/mol. The van der Waals surface area contributed by atoms with Crippen LogP contribution >= 0.6 is 11.6 Å². The van der Waals surface area contributed by atoms with E-state index in [9.17, 15) is 4.79 Å². The molecule has 2 aromatic carbocycles. The van der Waals surface area contributed by atoms with E-state index in [1.54, 1.807) is 24.3 Å². The number of benzene rings is 2. The van der Waals surface area contributed by atoms with E-state index >= 15 is 0 Å². The lowest BCUT2D eigenvalue weighted by Crippen LogP contribution is -2.28. The molecule has 0 heterocycles. The number of carbonyl (C=O) groups excluding carboxylic acids is 1. The summed E-state index contributed by atoms with van der Waals surface area (Å²) in [6.07, 6.45) is 0. The summed E-state index contributed by atoms with van der Waals surface area (Å²) in [7, 11) is 0. The summed E-state index contributed by atoms with van der Waals surface area (Å²) in [5, 5.41) is 3.80. The average Bonchev–Trinajstić information content (AvgIpc) is 3.01. The molecule has 1 aliphatic rings. The summed E-state index contributed by atoms with van der Waals surface area (Å²) < 4.78 is 0. The van der Waals surface area contributed by atoms with E-state index in [0.717, 1.165) is 0 Å². The number of nitrogens with one attached hydrogen (secondary N) is 1. The molecule has 1 fully saturated rings. The van der Waals surface area contributed by atoms with Crippen molar-refractivity contribution in [3.05, 3.63) is 70.2 Å². The van der Waals surface area contributed by atoms with Crippen LogP contribution in [-0.4, -0.2) is 11.9 Å². The number of hydrogen-bond acceptors (Lipinski definition) is 1. The Hall–Kier alpha value is -1.80. The third-order valence-electron chi connectivity index (χ3n) is 4.66. The molecule has 1 amide bonds. The smallest absolute Gasteiger partial charge is 0.251 e. The Morgan fingerprint density at radius 2 is 1.64 bits per heavy atom. The Balaban J connectivity index is 1.74. The molecular weight excluding hydrogens is 294 g/mol. The van der Waals surface area contributed by atoms with Gasteiger partial charge >= 0.3 is 0 Å². The highest BCUT2D eigenvalue weighted by molar-refractivity contribution is 6.30. The summed E-state index contributed by atoms with van der Waals surface area (Å²) in [5.41, 5.74) is 3.27. The summed E-state index contributed by atoms with van der Waals surface area (Å²) >= 11 is 5.86. The normalized spacial score (nSPS) is 22.2. The molecule has 2 atom stereocenters. The van der Waals surface area contributed by atoms with Gasteiger partial charge in [-0.1, -0.05) is 55.3 Å². The third kappa shape index (κ3) is 2.76. The Kier molecular flexibility index (Phi) is 3.73. The van der Waals surface area contributed by atoms with Crippen molar-refractivity contribution >= 4 is 17.5 Å². The van der Waals surface area contributed by atoms with Gasteiger partial charge in [-0.15, -0.1) is 0 Å². The van der Waals surface area contributed by atoms with Crippen LogP contribution in [0.4, 0.5) is 0 Å². The van der Waals surface area contributed by atoms with Crippen molar-refractivity contribution in [1.29, 1.82) is 0 Å². The number of aryl methyl sites for hydroxylation is 1. The number of amides is 1. The lowest BCUT2D eigenvalue weighted by Gasteiger charge is -2.06. The average molecular weight is 314 g/mol. The molecule has 0 radical (unpaired) electrons. The molecule has 0 aliphatic heterocycles. The highest BCUT2D eigenvalue weighted by atomic mass is 35.5. The molecule has 3 rings (SSSR count). The van der Waals surface area contributed by atoms with Crippen LogP contribution in [-0.2, 0) is 0 Å². The van der Waals surface area contributed by atoms with Crippen LogP contribution in [0.2, 0.25) is 5.02 Å². The lowest BCUT2D eigenvalue weighted by molar-refractivity contribution is 0.0946. The van der Waals surface area contributed by atoms with Gasteiger partial charge in [0.25, 0.3) is 5.91 Å². The van der Waals surface area contributed by atoms with Crippen LogP contribution in [0.25, 0.3) is 0 Å². The number of halogens is 1. The van der Waals surface area contributed by atoms with Gasteiger partial charge in [0.2, 0.25) is 0 Å². The van der Waals surface area contributed by atoms with Crippen molar-refractivity contribution in [2.24, 2.45) is 5.41 Å². The van der Waals surface area contributed by atoms with E-state index in [-0.39, 0.29) is 17.4 Å². The second-order valence-electron chi connectivity index (χ2n) is 6.67. The van der Waals surface area contributed by atoms with E-state index < -0.39 is 0 Å². The second kappa shape index (κ2) is 5.44. The largest absolute Gasteiger partial charge is 0.348 e. The molecule has 0 bridgehead atoms. The second-order valence-corrected chi connectivity index (χ2v) is 7.10. The standard InChI is InChI=1S/C19H20ClNO/c1-12-4-6-13(7-5-12)16-17(19(16,2)3)21-18(22)14-8-10-15(20)11-9-14/h4-11,16-17H,1-3H3,(H,21,22)/t16-,17?/m0/s1. The highest BCUT2D eigenvalue weighted by Gasteiger charge is 2.59. The number of carbonyl (C=O) groups is 1. The van der Waals surface area contributed by atoms with Gasteiger partial charge in [-0.25, -0.2) is 0 Å². The van der Waals surface area contributed by atoms with Crippen LogP contribution in [0.15, 0.2) is 48.5 Å². The molecule has 2 aromatic rings. The van der Waals surface area contributed by atoms with Gasteiger partial charge in [-0.05, 0) is 42.2 Å². The maximum atomic E-state index is 12.4. The van der Waals surface area contributed by atoms with E-state index in [2.05, 4.69) is 50.4 Å². The van der Waals surface area contributed by atoms with Crippen LogP contribution in [0.3, 0.4) is 0 Å². The quantitative estimate of drug-likeness (QED) is 0.883. The molecule has 1 unspecified atom stereocenters. The van der Waals surface area contributed by atoms with E-state index in [0.29, 0.717) is 16.5 Å². The van der Waals surface area contributed by atoms with Gasteiger partial charge in [0.05, 0.1) is 0 Å². The van der Waals surface area contributed by atoms with Gasteiger partial charge < -0.3 is 5.32 Å². The highest BCUT2D eigenvalue weighted by Crippen LogP contribution is 2.58. The zero-order valence-corrected chi connectivity index (χ0v) is 13.8. The molecule has 0 aromatic heterocycles. The SMILES string of the molecule is Cc1ccc([C@H]2C(NC(=O)c3ccc(Cl)cc3)C2(C)C)cc1. The van der Waals surface area contributed by atoms with E-state index in [1.807, 2.05) is 0 Å². The van der Waals surface area contributed by atoms with Crippen LogP contribution < -0.4 is 5.32 Å². The third-order valence-corrected chi connectivity index (χ3v) is 4.91. The fraction of sp³-hybridized carbons (Fsp3) is 0.316. The first-order chi connectivity index (χ1) is 10.4. The zero-order chi connectivity index (χ0) is 15.9. The maximum absolute atomic E-state index is 12.4. The molecule has 114 valence electrons. The molecule has 1 aliphatic carbocycles. The fourth-order valence-electron chi connectivity index (χ4n) is 3.13. The van der Waals surface area contributed by atoms with E-state index in [4.69, 9.17) is 11.6 Å². The first-order valence-corrected chi connectivity index (χ1v) is 7.90. The lowest BCUT2D eigenvalue weighted by atomic mass is 10.0. The van der Waals surface area contributed by atoms with Crippen molar-refractivity contribution < 1.29 is 4.79 Å². The van der Waals surface area contributed by atoms with Gasteiger partial charge in [-0.3, -0.25) is 4.79 Å². The molecule has 1 saturated carbocycles. The molecule has 2 nitrogen and oxygen atoms in total. The summed E-state index contributed by atoms with van der Waals surface area (Å²) in [5.74, 6) is 0.328. The number of rotatable bonds is 3. The van der Waals surface area contributed by atoms with E-state index in [1.165, 1.54) is 11.1 Å². The summed E-state index contributed by atoms with van der Waals surface area (Å²) in [4.78, 5) is 12.4. The molecule has 0 spiro atoms. The fourth-order valence-corrected chi connectivity index (χ4v) is 3.25. The Labute approximate surface area is 136 Å². The van der Waals surface area contributed by atoms with Gasteiger partial charge in [0, 0.05) is 22.5 Å². The van der Waals surface area contributed by atoms with Crippen LogP contribution in [0, 0.1) is 12.3 Å². The maximum Gasteiger partial charge on any atom is 0.251 e. The topological polar surface area (TPSA) is 29.1 Å². The van der Waals surface area contributed by atoms with Crippen molar-refractivity contribution in [2.45, 2.75) is 32.7 Å². The minimum Gasteiger partial charge on any atom is -0.348 e. The van der Waals surface area contributed by atoms with Crippen molar-refractivity contribution in [1.82, 2.24) is 5.32 Å². The van der Waals surface area contributed by atoms with Gasteiger partial charge in [0.15, 0.2) is 0 Å². The van der Waals surface area contributed by atoms with Crippen molar-refractivity contribution in [2.75, 3.05) is 0 Å². The van der Waals surface area contributed by atoms with Gasteiger partial charge in [0.1, 0.15) is 0 Å². The summed E-state index contributed by atoms with van der Waals surface area (Å²) in [6, 6.07) is 15.7. The predicted octanol–water partition coefficient (Wildman–Crippen LogP) is 4.57. The molecule has 3 heteroatoms. The first kappa shape index (κ1) is 15.1. The van der Waals surface area contributed by atoms with Crippen LogP contribution in [0.1, 0.15) is 41.3 Å². The molecular formula is C19H20ClNO. The molecule has 22 heavy (non-hydrogen) atoms. The minimum atomic E-state index is -0.0376. The monoisotopic (exact) mass is 313 g/mol. The molecule has 0 saturated heterocycles. The Bertz CT molecular complexity index is 688.